The van der Waals surface area contributed by atoms with Gasteiger partial charge < -0.3 is 10.1 Å². The summed E-state index contributed by atoms with van der Waals surface area (Å²) in [4.78, 5) is 31.3. The lowest BCUT2D eigenvalue weighted by atomic mass is 10.2. The molecule has 1 fully saturated rings. The van der Waals surface area contributed by atoms with Gasteiger partial charge in [0, 0.05) is 35.3 Å². The highest BCUT2D eigenvalue weighted by Gasteiger charge is 2.35. The van der Waals surface area contributed by atoms with Crippen LogP contribution in [0, 0.1) is 0 Å². The van der Waals surface area contributed by atoms with E-state index in [0.29, 0.717) is 28.1 Å². The summed E-state index contributed by atoms with van der Waals surface area (Å²) in [6.07, 6.45) is 0.00361. The van der Waals surface area contributed by atoms with Crippen LogP contribution in [-0.4, -0.2) is 39.2 Å². The molecule has 0 aromatic heterocycles. The summed E-state index contributed by atoms with van der Waals surface area (Å²) in [5.74, 6) is -0.785. The Labute approximate surface area is 191 Å². The Morgan fingerprint density at radius 2 is 1.90 bits per heavy atom. The minimum atomic E-state index is -3.82. The number of carbonyl (C=O) groups is 2. The van der Waals surface area contributed by atoms with Crippen LogP contribution in [0.1, 0.15) is 13.3 Å². The smallest absolute Gasteiger partial charge is 0.420 e. The summed E-state index contributed by atoms with van der Waals surface area (Å²) >= 11 is 11.8. The molecular weight excluding hydrogens is 471 g/mol. The summed E-state index contributed by atoms with van der Waals surface area (Å²) in [7, 11) is 0. The first-order valence-electron chi connectivity index (χ1n) is 9.12. The summed E-state index contributed by atoms with van der Waals surface area (Å²) < 4.78 is 29.6. The maximum absolute atomic E-state index is 12.7. The van der Waals surface area contributed by atoms with Crippen LogP contribution in [0.2, 0.25) is 5.02 Å². The maximum atomic E-state index is 12.7. The molecule has 2 aromatic carbocycles. The number of hydrogen-bond donors (Lipinski definition) is 1. The van der Waals surface area contributed by atoms with Gasteiger partial charge in [0.1, 0.15) is 11.0 Å². The van der Waals surface area contributed by atoms with Crippen molar-refractivity contribution < 1.29 is 23.1 Å². The molecule has 1 atom stereocenters. The van der Waals surface area contributed by atoms with Gasteiger partial charge in [0.05, 0.1) is 5.69 Å². The van der Waals surface area contributed by atoms with Crippen molar-refractivity contribution in [3.63, 3.8) is 0 Å². The topological polar surface area (TPSA) is 71.0 Å². The Hall–Kier alpha value is -2.36. The Bertz CT molecular complexity index is 983. The molecule has 0 bridgehead atoms. The van der Waals surface area contributed by atoms with E-state index in [1.165, 1.54) is 40.9 Å². The maximum Gasteiger partial charge on any atom is 0.487 e. The van der Waals surface area contributed by atoms with Gasteiger partial charge in [-0.15, -0.1) is 8.78 Å². The average molecular weight is 488 g/mol. The van der Waals surface area contributed by atoms with E-state index in [4.69, 9.17) is 23.2 Å². The minimum Gasteiger partial charge on any atom is -0.420 e. The SMILES string of the molecule is CCN1C(=O)C[C@H](C(=O)Nc2ccc(OC(F)(F)Cl)cc2)SC1=Nc1ccc(Cl)cc1. The fraction of sp³-hybridized carbons (Fsp3) is 0.250. The number of amides is 2. The number of hydrogen-bond acceptors (Lipinski definition) is 5. The Morgan fingerprint density at radius 3 is 2.48 bits per heavy atom. The average Bonchev–Trinajstić information content (AvgIpc) is 2.70. The van der Waals surface area contributed by atoms with Gasteiger partial charge in [0.25, 0.3) is 0 Å². The summed E-state index contributed by atoms with van der Waals surface area (Å²) in [5.41, 5.74) is -2.86. The van der Waals surface area contributed by atoms with Crippen molar-refractivity contribution in [3.05, 3.63) is 53.6 Å². The molecule has 1 heterocycles. The van der Waals surface area contributed by atoms with E-state index >= 15 is 0 Å². The van der Waals surface area contributed by atoms with E-state index in [2.05, 4.69) is 15.0 Å². The number of aliphatic imine (C=N–C) groups is 1. The number of alkyl halides is 3. The summed E-state index contributed by atoms with van der Waals surface area (Å²) in [6, 6.07) is 12.1. The van der Waals surface area contributed by atoms with Crippen molar-refractivity contribution in [2.24, 2.45) is 4.99 Å². The number of ether oxygens (including phenoxy) is 1. The molecule has 1 aliphatic heterocycles. The van der Waals surface area contributed by atoms with Crippen molar-refractivity contribution in [2.75, 3.05) is 11.9 Å². The fourth-order valence-corrected chi connectivity index (χ4v) is 4.12. The summed E-state index contributed by atoms with van der Waals surface area (Å²) in [6.45, 7) is 2.24. The second kappa shape index (κ2) is 9.84. The molecule has 164 valence electrons. The highest BCUT2D eigenvalue weighted by atomic mass is 35.5. The van der Waals surface area contributed by atoms with Crippen LogP contribution in [0.5, 0.6) is 5.75 Å². The monoisotopic (exact) mass is 487 g/mol. The third-order valence-electron chi connectivity index (χ3n) is 4.16. The van der Waals surface area contributed by atoms with Crippen LogP contribution in [0.15, 0.2) is 53.5 Å². The predicted octanol–water partition coefficient (Wildman–Crippen LogP) is 5.49. The van der Waals surface area contributed by atoms with Gasteiger partial charge in [-0.1, -0.05) is 23.4 Å². The normalized spacial score (nSPS) is 18.2. The van der Waals surface area contributed by atoms with Crippen LogP contribution in [-0.2, 0) is 9.59 Å². The summed E-state index contributed by atoms with van der Waals surface area (Å²) in [5, 5.41) is 2.94. The predicted molar refractivity (Wildman–Crippen MR) is 118 cm³/mol. The van der Waals surface area contributed by atoms with E-state index in [0.717, 1.165) is 0 Å². The molecule has 1 saturated heterocycles. The van der Waals surface area contributed by atoms with Crippen molar-refractivity contribution in [3.8, 4) is 5.75 Å². The van der Waals surface area contributed by atoms with Crippen molar-refractivity contribution in [1.29, 1.82) is 0 Å². The molecule has 1 aliphatic rings. The number of carbonyl (C=O) groups excluding carboxylic acids is 2. The quantitative estimate of drug-likeness (QED) is 0.547. The molecule has 0 saturated carbocycles. The van der Waals surface area contributed by atoms with Gasteiger partial charge in [-0.25, -0.2) is 4.99 Å². The van der Waals surface area contributed by atoms with Crippen LogP contribution >= 0.6 is 35.0 Å². The van der Waals surface area contributed by atoms with Gasteiger partial charge in [-0.05, 0) is 55.5 Å². The van der Waals surface area contributed by atoms with E-state index < -0.39 is 16.7 Å². The molecule has 31 heavy (non-hydrogen) atoms. The first-order chi connectivity index (χ1) is 14.6. The van der Waals surface area contributed by atoms with Crippen LogP contribution in [0.3, 0.4) is 0 Å². The fourth-order valence-electron chi connectivity index (χ4n) is 2.74. The van der Waals surface area contributed by atoms with E-state index in [1.807, 2.05) is 6.92 Å². The lowest BCUT2D eigenvalue weighted by Crippen LogP contribution is -2.45. The Kier molecular flexibility index (Phi) is 7.40. The van der Waals surface area contributed by atoms with Crippen LogP contribution < -0.4 is 10.1 Å². The number of nitrogens with zero attached hydrogens (tertiary/aromatic N) is 2. The second-order valence-electron chi connectivity index (χ2n) is 6.38. The molecule has 0 unspecified atom stereocenters. The number of amidine groups is 1. The third kappa shape index (κ3) is 6.56. The van der Waals surface area contributed by atoms with Gasteiger partial charge in [0.15, 0.2) is 5.17 Å². The highest BCUT2D eigenvalue weighted by Crippen LogP contribution is 2.31. The molecule has 0 spiro atoms. The van der Waals surface area contributed by atoms with Gasteiger partial charge in [-0.2, -0.15) is 0 Å². The molecule has 6 nitrogen and oxygen atoms in total. The van der Waals surface area contributed by atoms with E-state index in [1.54, 1.807) is 24.3 Å². The van der Waals surface area contributed by atoms with Crippen molar-refractivity contribution in [2.45, 2.75) is 24.2 Å². The lowest BCUT2D eigenvalue weighted by molar-refractivity contribution is -0.129. The van der Waals surface area contributed by atoms with Crippen molar-refractivity contribution >= 4 is 63.3 Å². The molecule has 1 N–H and O–H groups in total. The zero-order chi connectivity index (χ0) is 22.6. The highest BCUT2D eigenvalue weighted by molar-refractivity contribution is 8.15. The van der Waals surface area contributed by atoms with Gasteiger partial charge >= 0.3 is 5.57 Å². The first kappa shape index (κ1) is 23.3. The van der Waals surface area contributed by atoms with Gasteiger partial charge in [-0.3, -0.25) is 14.5 Å². The minimum absolute atomic E-state index is 0.00361. The van der Waals surface area contributed by atoms with Gasteiger partial charge in [0.2, 0.25) is 11.8 Å². The van der Waals surface area contributed by atoms with Crippen molar-refractivity contribution in [1.82, 2.24) is 4.90 Å². The van der Waals surface area contributed by atoms with Crippen LogP contribution in [0.4, 0.5) is 20.2 Å². The zero-order valence-corrected chi connectivity index (χ0v) is 18.5. The molecule has 11 heteroatoms. The number of thioether (sulfide) groups is 1. The number of nitrogens with one attached hydrogen (secondary N) is 1. The Morgan fingerprint density at radius 1 is 1.26 bits per heavy atom. The third-order valence-corrected chi connectivity index (χ3v) is 5.67. The molecular formula is C20H17Cl2F2N3O3S. The number of benzene rings is 2. The second-order valence-corrected chi connectivity index (χ2v) is 8.43. The molecule has 0 radical (unpaired) electrons. The number of halogens is 4. The molecule has 2 amide bonds. The number of anilines is 1. The number of rotatable bonds is 6. The molecule has 2 aromatic rings. The first-order valence-corrected chi connectivity index (χ1v) is 10.8. The lowest BCUT2D eigenvalue weighted by Gasteiger charge is -2.30. The van der Waals surface area contributed by atoms with Crippen LogP contribution in [0.25, 0.3) is 0 Å². The van der Waals surface area contributed by atoms with E-state index in [9.17, 15) is 18.4 Å². The largest absolute Gasteiger partial charge is 0.487 e. The standard InChI is InChI=1S/C20H17Cl2F2N3O3S/c1-2-27-17(28)11-16(31-19(27)26-14-5-3-12(21)4-6-14)18(29)25-13-7-9-15(10-8-13)30-20(22,23)24/h3-10,16H,2,11H2,1H3,(H,25,29)/t16-/m1/s1. The molecule has 3 rings (SSSR count). The van der Waals surface area contributed by atoms with E-state index in [-0.39, 0.29) is 18.1 Å². The zero-order valence-electron chi connectivity index (χ0n) is 16.1. The molecule has 0 aliphatic carbocycles. The Balaban J connectivity index is 1.72.